The molecule has 0 radical (unpaired) electrons. The van der Waals surface area contributed by atoms with E-state index in [2.05, 4.69) is 36.5 Å². The van der Waals surface area contributed by atoms with E-state index in [1.54, 1.807) is 13.3 Å². The lowest BCUT2D eigenvalue weighted by Gasteiger charge is -2.13. The van der Waals surface area contributed by atoms with Crippen molar-refractivity contribution in [3.63, 3.8) is 0 Å². The maximum absolute atomic E-state index is 12.9. The molecule has 0 spiro atoms. The van der Waals surface area contributed by atoms with Gasteiger partial charge < -0.3 is 15.4 Å². The van der Waals surface area contributed by atoms with Crippen LogP contribution in [0.25, 0.3) is 0 Å². The number of carbonyl (C=O) groups is 2. The van der Waals surface area contributed by atoms with Gasteiger partial charge in [0.05, 0.1) is 10.0 Å². The molecule has 0 saturated heterocycles. The zero-order chi connectivity index (χ0) is 20.8. The average molecular weight is 499 g/mol. The van der Waals surface area contributed by atoms with Gasteiger partial charge in [0.1, 0.15) is 10.7 Å². The highest BCUT2D eigenvalue weighted by atomic mass is 79.9. The van der Waals surface area contributed by atoms with Crippen LogP contribution in [0.2, 0.25) is 0 Å². The van der Waals surface area contributed by atoms with Gasteiger partial charge in [-0.15, -0.1) is 11.3 Å². The van der Waals surface area contributed by atoms with Gasteiger partial charge in [-0.3, -0.25) is 9.59 Å². The number of hydrogen-bond donors (Lipinski definition) is 2. The summed E-state index contributed by atoms with van der Waals surface area (Å²) in [6, 6.07) is 0. The third-order valence-electron chi connectivity index (χ3n) is 4.56. The summed E-state index contributed by atoms with van der Waals surface area (Å²) in [5, 5.41) is 6.97. The molecule has 10 heteroatoms. The first-order valence-corrected chi connectivity index (χ1v) is 12.2. The van der Waals surface area contributed by atoms with Gasteiger partial charge >= 0.3 is 0 Å². The van der Waals surface area contributed by atoms with E-state index >= 15 is 0 Å². The Labute approximate surface area is 186 Å². The van der Waals surface area contributed by atoms with Crippen LogP contribution in [0.5, 0.6) is 0 Å². The van der Waals surface area contributed by atoms with Crippen LogP contribution in [0.1, 0.15) is 50.5 Å². The van der Waals surface area contributed by atoms with Crippen LogP contribution in [0, 0.1) is 0 Å². The molecule has 29 heavy (non-hydrogen) atoms. The molecular formula is C19H23BrN4O3S2. The van der Waals surface area contributed by atoms with E-state index in [0.717, 1.165) is 37.7 Å². The molecule has 0 aromatic carbocycles. The van der Waals surface area contributed by atoms with E-state index in [-0.39, 0.29) is 17.5 Å². The second-order valence-electron chi connectivity index (χ2n) is 6.52. The highest BCUT2D eigenvalue weighted by Crippen LogP contribution is 2.38. The number of hydrogen-bond acceptors (Lipinski definition) is 7. The highest BCUT2D eigenvalue weighted by molar-refractivity contribution is 9.10. The molecule has 2 N–H and O–H groups in total. The second-order valence-corrected chi connectivity index (χ2v) is 9.26. The first kappa shape index (κ1) is 22.2. The molecule has 7 nitrogen and oxygen atoms in total. The Morgan fingerprint density at radius 1 is 1.31 bits per heavy atom. The Hall–Kier alpha value is -1.49. The number of halogens is 1. The number of ether oxygens (including phenoxy) is 1. The van der Waals surface area contributed by atoms with Gasteiger partial charge in [0.25, 0.3) is 11.8 Å². The van der Waals surface area contributed by atoms with Crippen LogP contribution in [-0.4, -0.2) is 48.3 Å². The van der Waals surface area contributed by atoms with Crippen molar-refractivity contribution in [3.05, 3.63) is 32.4 Å². The van der Waals surface area contributed by atoms with Gasteiger partial charge in [0.15, 0.2) is 5.16 Å². The fraction of sp³-hybridized carbons (Fsp3) is 0.474. The van der Waals surface area contributed by atoms with Crippen molar-refractivity contribution in [1.29, 1.82) is 0 Å². The predicted octanol–water partition coefficient (Wildman–Crippen LogP) is 3.92. The number of nitrogens with one attached hydrogen (secondary N) is 2. The summed E-state index contributed by atoms with van der Waals surface area (Å²) in [6.07, 6.45) is 8.10. The van der Waals surface area contributed by atoms with E-state index in [4.69, 9.17) is 4.74 Å². The van der Waals surface area contributed by atoms with Crippen molar-refractivity contribution < 1.29 is 14.3 Å². The van der Waals surface area contributed by atoms with Crippen molar-refractivity contribution in [2.75, 3.05) is 31.8 Å². The maximum Gasteiger partial charge on any atom is 0.276 e. The maximum atomic E-state index is 12.9. The molecule has 2 aromatic heterocycles. The predicted molar refractivity (Wildman–Crippen MR) is 119 cm³/mol. The Morgan fingerprint density at radius 3 is 2.86 bits per heavy atom. The van der Waals surface area contributed by atoms with Crippen LogP contribution in [-0.2, 0) is 17.6 Å². The largest absolute Gasteiger partial charge is 0.385 e. The van der Waals surface area contributed by atoms with Crippen LogP contribution in [0.15, 0.2) is 15.8 Å². The Bertz CT molecular complexity index is 904. The van der Waals surface area contributed by atoms with Crippen molar-refractivity contribution in [2.45, 2.75) is 37.3 Å². The smallest absolute Gasteiger partial charge is 0.276 e. The molecule has 2 aromatic rings. The molecule has 1 aliphatic rings. The molecule has 0 bridgehead atoms. The lowest BCUT2D eigenvalue weighted by Crippen LogP contribution is -2.27. The number of rotatable bonds is 8. The standard InChI is InChI=1S/C19H23BrN4O3S2/c1-27-9-5-8-21-16(25)14-11-6-3-4-7-13(11)29-18(14)24-17(26)15-12(20)10-22-19(23-15)28-2/h10H,3-9H2,1-2H3,(H,21,25)(H,24,26). The Kier molecular flexibility index (Phi) is 8.05. The number of anilines is 1. The highest BCUT2D eigenvalue weighted by Gasteiger charge is 2.27. The van der Waals surface area contributed by atoms with Crippen molar-refractivity contribution in [1.82, 2.24) is 15.3 Å². The van der Waals surface area contributed by atoms with Crippen LogP contribution >= 0.6 is 39.0 Å². The summed E-state index contributed by atoms with van der Waals surface area (Å²) < 4.78 is 5.55. The third kappa shape index (κ3) is 5.36. The van der Waals surface area contributed by atoms with E-state index in [1.807, 2.05) is 6.26 Å². The molecular weight excluding hydrogens is 476 g/mol. The minimum absolute atomic E-state index is 0.151. The number of carbonyl (C=O) groups excluding carboxylic acids is 2. The average Bonchev–Trinajstić information content (AvgIpc) is 3.09. The summed E-state index contributed by atoms with van der Waals surface area (Å²) in [7, 11) is 1.64. The third-order valence-corrected chi connectivity index (χ3v) is 6.91. The molecule has 0 atom stereocenters. The molecule has 2 amide bonds. The Balaban J connectivity index is 1.86. The van der Waals surface area contributed by atoms with E-state index in [0.29, 0.717) is 33.3 Å². The SMILES string of the molecule is COCCCNC(=O)c1c(NC(=O)c2nc(SC)ncc2Br)sc2c1CCCC2. The Morgan fingerprint density at radius 2 is 2.10 bits per heavy atom. The molecule has 2 heterocycles. The topological polar surface area (TPSA) is 93.2 Å². The first-order chi connectivity index (χ1) is 14.0. The minimum atomic E-state index is -0.360. The normalized spacial score (nSPS) is 13.1. The van der Waals surface area contributed by atoms with Gasteiger partial charge in [-0.25, -0.2) is 9.97 Å². The monoisotopic (exact) mass is 498 g/mol. The van der Waals surface area contributed by atoms with E-state index in [1.165, 1.54) is 28.0 Å². The number of methoxy groups -OCH3 is 1. The first-order valence-electron chi connectivity index (χ1n) is 9.34. The number of amides is 2. The van der Waals surface area contributed by atoms with Crippen molar-refractivity contribution in [2.24, 2.45) is 0 Å². The van der Waals surface area contributed by atoms with Crippen molar-refractivity contribution in [3.8, 4) is 0 Å². The number of aromatic nitrogens is 2. The minimum Gasteiger partial charge on any atom is -0.385 e. The summed E-state index contributed by atoms with van der Waals surface area (Å²) in [4.78, 5) is 35.4. The number of thiophene rings is 1. The summed E-state index contributed by atoms with van der Waals surface area (Å²) in [5.41, 5.74) is 1.90. The molecule has 1 aliphatic carbocycles. The second kappa shape index (κ2) is 10.5. The van der Waals surface area contributed by atoms with Crippen LogP contribution < -0.4 is 10.6 Å². The molecule has 0 fully saturated rings. The fourth-order valence-corrected chi connectivity index (χ4v) is 5.17. The van der Waals surface area contributed by atoms with Crippen LogP contribution in [0.3, 0.4) is 0 Å². The van der Waals surface area contributed by atoms with Gasteiger partial charge in [-0.05, 0) is 59.9 Å². The van der Waals surface area contributed by atoms with Gasteiger partial charge in [0.2, 0.25) is 0 Å². The molecule has 156 valence electrons. The zero-order valence-corrected chi connectivity index (χ0v) is 19.6. The van der Waals surface area contributed by atoms with Gasteiger partial charge in [-0.2, -0.15) is 0 Å². The molecule has 0 saturated carbocycles. The lowest BCUT2D eigenvalue weighted by molar-refractivity contribution is 0.0948. The van der Waals surface area contributed by atoms with E-state index in [9.17, 15) is 9.59 Å². The molecule has 0 unspecified atom stereocenters. The lowest BCUT2D eigenvalue weighted by atomic mass is 9.95. The number of thioether (sulfide) groups is 1. The van der Waals surface area contributed by atoms with Gasteiger partial charge in [0, 0.05) is 31.3 Å². The number of fused-ring (bicyclic) bond motifs is 1. The molecule has 3 rings (SSSR count). The fourth-order valence-electron chi connectivity index (χ4n) is 3.17. The zero-order valence-electron chi connectivity index (χ0n) is 16.3. The number of nitrogens with zero attached hydrogens (tertiary/aromatic N) is 2. The summed E-state index contributed by atoms with van der Waals surface area (Å²) in [5.74, 6) is -0.510. The van der Waals surface area contributed by atoms with E-state index < -0.39 is 0 Å². The van der Waals surface area contributed by atoms with Crippen molar-refractivity contribution >= 4 is 55.8 Å². The van der Waals surface area contributed by atoms with Crippen LogP contribution in [0.4, 0.5) is 5.00 Å². The summed E-state index contributed by atoms with van der Waals surface area (Å²) in [6.45, 7) is 1.12. The number of aryl methyl sites for hydroxylation is 1. The molecule has 0 aliphatic heterocycles. The quantitative estimate of drug-likeness (QED) is 0.325. The summed E-state index contributed by atoms with van der Waals surface area (Å²) >= 11 is 6.20. The van der Waals surface area contributed by atoms with Gasteiger partial charge in [-0.1, -0.05) is 11.8 Å².